The van der Waals surface area contributed by atoms with Gasteiger partial charge in [-0.2, -0.15) is 0 Å². The van der Waals surface area contributed by atoms with Crippen molar-refractivity contribution in [3.8, 4) is 0 Å². The van der Waals surface area contributed by atoms with Gasteiger partial charge in [0.15, 0.2) is 0 Å². The summed E-state index contributed by atoms with van der Waals surface area (Å²) in [6, 6.07) is 0. The van der Waals surface area contributed by atoms with E-state index in [-0.39, 0.29) is 0 Å². The average molecular weight is 158 g/mol. The van der Waals surface area contributed by atoms with Crippen molar-refractivity contribution in [2.45, 2.75) is 0 Å². The minimum absolute atomic E-state index is 0.800. The van der Waals surface area contributed by atoms with E-state index in [0.717, 1.165) is 11.4 Å². The summed E-state index contributed by atoms with van der Waals surface area (Å²) in [5.41, 5.74) is 7.62. The Hall–Kier alpha value is -1.70. The normalized spacial score (nSPS) is 19.8. The lowest BCUT2D eigenvalue weighted by Gasteiger charge is -2.21. The van der Waals surface area contributed by atoms with Crippen molar-refractivity contribution in [2.75, 3.05) is 0 Å². The lowest BCUT2D eigenvalue weighted by Crippen LogP contribution is -2.17. The molecule has 2 aliphatic heterocycles. The first-order valence-corrected chi connectivity index (χ1v) is 3.86. The van der Waals surface area contributed by atoms with Crippen molar-refractivity contribution < 1.29 is 0 Å². The van der Waals surface area contributed by atoms with Crippen LogP contribution in [0.2, 0.25) is 0 Å². The van der Waals surface area contributed by atoms with E-state index in [1.807, 2.05) is 53.8 Å². The second-order valence-electron chi connectivity index (χ2n) is 2.65. The molecule has 0 saturated carbocycles. The van der Waals surface area contributed by atoms with Crippen molar-refractivity contribution in [1.82, 2.24) is 4.90 Å². The number of allylic oxidation sites excluding steroid dienone is 6. The molecule has 0 aromatic heterocycles. The van der Waals surface area contributed by atoms with Gasteiger partial charge < -0.3 is 10.6 Å². The number of hydrogen-bond donors (Lipinski definition) is 1. The number of fused-ring (bicyclic) bond motifs is 1. The molecule has 0 unspecified atom stereocenters. The highest BCUT2D eigenvalue weighted by Crippen LogP contribution is 2.18. The van der Waals surface area contributed by atoms with Gasteiger partial charge in [-0.1, -0.05) is 12.2 Å². The molecule has 0 aromatic rings. The minimum Gasteiger partial charge on any atom is -0.397 e. The van der Waals surface area contributed by atoms with Crippen LogP contribution in [0.3, 0.4) is 0 Å². The van der Waals surface area contributed by atoms with Gasteiger partial charge in [0.25, 0.3) is 0 Å². The lowest BCUT2D eigenvalue weighted by molar-refractivity contribution is 0.631. The summed E-state index contributed by atoms with van der Waals surface area (Å²) in [6.45, 7) is 0. The summed E-state index contributed by atoms with van der Waals surface area (Å²) in [7, 11) is 0. The zero-order valence-corrected chi connectivity index (χ0v) is 6.64. The molecule has 0 saturated heterocycles. The predicted molar refractivity (Wildman–Crippen MR) is 49.6 cm³/mol. The Bertz CT molecular complexity index is 330. The maximum Gasteiger partial charge on any atom is 0.0680 e. The molecule has 2 nitrogen and oxygen atoms in total. The van der Waals surface area contributed by atoms with E-state index < -0.39 is 0 Å². The Morgan fingerprint density at radius 3 is 2.67 bits per heavy atom. The summed E-state index contributed by atoms with van der Waals surface area (Å²) >= 11 is 0. The van der Waals surface area contributed by atoms with E-state index in [0.29, 0.717) is 0 Å². The van der Waals surface area contributed by atoms with Crippen molar-refractivity contribution in [1.29, 1.82) is 0 Å². The van der Waals surface area contributed by atoms with E-state index in [4.69, 9.17) is 5.73 Å². The molecule has 2 heterocycles. The van der Waals surface area contributed by atoms with Crippen molar-refractivity contribution >= 4 is 0 Å². The van der Waals surface area contributed by atoms with Gasteiger partial charge in [0.1, 0.15) is 0 Å². The van der Waals surface area contributed by atoms with Gasteiger partial charge in [-0.25, -0.2) is 0 Å². The third kappa shape index (κ3) is 1.07. The van der Waals surface area contributed by atoms with Gasteiger partial charge in [-0.3, -0.25) is 0 Å². The molecule has 2 aliphatic rings. The van der Waals surface area contributed by atoms with Crippen LogP contribution in [0.1, 0.15) is 0 Å². The fraction of sp³-hybridized carbons (Fsp3) is 0. The van der Waals surface area contributed by atoms with E-state index in [1.54, 1.807) is 0 Å². The third-order valence-corrected chi connectivity index (χ3v) is 1.82. The molecular formula is C10H10N2. The predicted octanol–water partition coefficient (Wildman–Crippen LogP) is 1.63. The second-order valence-corrected chi connectivity index (χ2v) is 2.65. The maximum absolute atomic E-state index is 5.79. The lowest BCUT2D eigenvalue weighted by atomic mass is 10.2. The highest BCUT2D eigenvalue weighted by atomic mass is 15.1. The molecule has 12 heavy (non-hydrogen) atoms. The van der Waals surface area contributed by atoms with E-state index in [2.05, 4.69) is 0 Å². The molecule has 0 radical (unpaired) electrons. The Morgan fingerprint density at radius 1 is 0.917 bits per heavy atom. The standard InChI is InChI=1S/C10H10N2/c11-9-5-4-8-12-7-3-1-2-6-10(9)12/h1-8H,11H2. The third-order valence-electron chi connectivity index (χ3n) is 1.82. The Morgan fingerprint density at radius 2 is 1.75 bits per heavy atom. The van der Waals surface area contributed by atoms with Gasteiger partial charge in [-0.15, -0.1) is 0 Å². The van der Waals surface area contributed by atoms with Gasteiger partial charge in [-0.05, 0) is 24.3 Å². The Balaban J connectivity index is 2.44. The molecule has 0 aliphatic carbocycles. The maximum atomic E-state index is 5.79. The second kappa shape index (κ2) is 2.74. The Kier molecular flexibility index (Phi) is 1.59. The van der Waals surface area contributed by atoms with Crippen LogP contribution in [0.25, 0.3) is 0 Å². The highest BCUT2D eigenvalue weighted by Gasteiger charge is 2.09. The molecule has 2 rings (SSSR count). The minimum atomic E-state index is 0.800. The molecule has 2 heteroatoms. The van der Waals surface area contributed by atoms with E-state index in [9.17, 15) is 0 Å². The number of nitrogens with zero attached hydrogens (tertiary/aromatic N) is 1. The van der Waals surface area contributed by atoms with E-state index >= 15 is 0 Å². The van der Waals surface area contributed by atoms with Crippen LogP contribution in [0.15, 0.2) is 60.3 Å². The molecule has 0 amide bonds. The summed E-state index contributed by atoms with van der Waals surface area (Å²) in [4.78, 5) is 2.00. The fourth-order valence-corrected chi connectivity index (χ4v) is 1.22. The monoisotopic (exact) mass is 158 g/mol. The largest absolute Gasteiger partial charge is 0.397 e. The summed E-state index contributed by atoms with van der Waals surface area (Å²) in [5.74, 6) is 0. The zero-order valence-electron chi connectivity index (χ0n) is 6.64. The molecule has 60 valence electrons. The summed E-state index contributed by atoms with van der Waals surface area (Å²) < 4.78 is 0. The molecule has 0 fully saturated rings. The first-order valence-electron chi connectivity index (χ1n) is 3.86. The highest BCUT2D eigenvalue weighted by molar-refractivity contribution is 5.40. The molecule has 0 spiro atoms. The van der Waals surface area contributed by atoms with Crippen LogP contribution in [-0.4, -0.2) is 4.90 Å². The van der Waals surface area contributed by atoms with Crippen LogP contribution >= 0.6 is 0 Å². The SMILES string of the molecule is NC1=CC=CN2C=CC=CC=C12. The molecule has 0 atom stereocenters. The summed E-state index contributed by atoms with van der Waals surface area (Å²) in [5, 5.41) is 0. The van der Waals surface area contributed by atoms with E-state index in [1.165, 1.54) is 0 Å². The number of rotatable bonds is 0. The molecule has 0 bridgehead atoms. The summed E-state index contributed by atoms with van der Waals surface area (Å²) in [6.07, 6.45) is 15.7. The topological polar surface area (TPSA) is 29.3 Å². The zero-order chi connectivity index (χ0) is 8.39. The smallest absolute Gasteiger partial charge is 0.0680 e. The first kappa shape index (κ1) is 6.98. The van der Waals surface area contributed by atoms with Crippen molar-refractivity contribution in [2.24, 2.45) is 5.73 Å². The van der Waals surface area contributed by atoms with Crippen LogP contribution in [0.4, 0.5) is 0 Å². The van der Waals surface area contributed by atoms with Crippen LogP contribution in [0, 0.1) is 0 Å². The Labute approximate surface area is 71.7 Å². The number of nitrogens with two attached hydrogens (primary N) is 1. The van der Waals surface area contributed by atoms with Gasteiger partial charge in [0, 0.05) is 12.4 Å². The van der Waals surface area contributed by atoms with Gasteiger partial charge >= 0.3 is 0 Å². The van der Waals surface area contributed by atoms with Crippen LogP contribution in [-0.2, 0) is 0 Å². The van der Waals surface area contributed by atoms with Gasteiger partial charge in [0.2, 0.25) is 0 Å². The molecule has 0 aromatic carbocycles. The van der Waals surface area contributed by atoms with Gasteiger partial charge in [0.05, 0.1) is 11.4 Å². The number of hydrogen-bond acceptors (Lipinski definition) is 2. The quantitative estimate of drug-likeness (QED) is 0.580. The van der Waals surface area contributed by atoms with Crippen LogP contribution < -0.4 is 5.73 Å². The van der Waals surface area contributed by atoms with Crippen molar-refractivity contribution in [3.63, 3.8) is 0 Å². The van der Waals surface area contributed by atoms with Crippen molar-refractivity contribution in [3.05, 3.63) is 60.3 Å². The fourth-order valence-electron chi connectivity index (χ4n) is 1.22. The molecule has 2 N–H and O–H groups in total. The first-order chi connectivity index (χ1) is 5.88. The average Bonchev–Trinajstić information content (AvgIpc) is 2.30. The van der Waals surface area contributed by atoms with Crippen LogP contribution in [0.5, 0.6) is 0 Å². The molecular weight excluding hydrogens is 148 g/mol.